The third-order valence-corrected chi connectivity index (χ3v) is 5.34. The normalized spacial score (nSPS) is 10.8. The zero-order valence-electron chi connectivity index (χ0n) is 18.4. The van der Waals surface area contributed by atoms with E-state index in [1.54, 1.807) is 48.8 Å². The van der Waals surface area contributed by atoms with Gasteiger partial charge in [-0.05, 0) is 78.4 Å². The molecule has 0 aliphatic carbocycles. The maximum atomic E-state index is 13.5. The molecule has 172 valence electrons. The molecule has 0 saturated carbocycles. The molecule has 0 aliphatic heterocycles. The number of fused-ring (bicyclic) bond motifs is 1. The molecule has 6 nitrogen and oxygen atoms in total. The quantitative estimate of drug-likeness (QED) is 0.334. The fourth-order valence-corrected chi connectivity index (χ4v) is 3.62. The van der Waals surface area contributed by atoms with Gasteiger partial charge in [-0.2, -0.15) is 0 Å². The zero-order valence-corrected chi connectivity index (χ0v) is 18.4. The minimum Gasteiger partial charge on any atom is -0.334 e. The van der Waals surface area contributed by atoms with Gasteiger partial charge in [0.2, 0.25) is 0 Å². The monoisotopic (exact) mass is 467 g/mol. The molecular weight excluding hydrogens is 448 g/mol. The molecule has 5 rings (SSSR count). The largest absolute Gasteiger partial charge is 0.334 e. The number of carbonyl (C=O) groups is 1. The SMILES string of the molecule is O=C(NCc1ccc2nc(-c3ccc(F)cc3)c(-c3ccc(F)cc3)nc2c1)Nc1cccnc1. The summed E-state index contributed by atoms with van der Waals surface area (Å²) >= 11 is 0. The smallest absolute Gasteiger partial charge is 0.319 e. The fraction of sp³-hybridized carbons (Fsp3) is 0.0370. The van der Waals surface area contributed by atoms with Gasteiger partial charge in [-0.15, -0.1) is 0 Å². The third-order valence-electron chi connectivity index (χ3n) is 5.34. The number of benzene rings is 3. The topological polar surface area (TPSA) is 79.8 Å². The van der Waals surface area contributed by atoms with Gasteiger partial charge < -0.3 is 10.6 Å². The highest BCUT2D eigenvalue weighted by Crippen LogP contribution is 2.31. The molecule has 3 aromatic carbocycles. The lowest BCUT2D eigenvalue weighted by Gasteiger charge is -2.12. The van der Waals surface area contributed by atoms with E-state index in [-0.39, 0.29) is 24.2 Å². The van der Waals surface area contributed by atoms with Crippen molar-refractivity contribution in [2.24, 2.45) is 0 Å². The summed E-state index contributed by atoms with van der Waals surface area (Å²) < 4.78 is 27.0. The summed E-state index contributed by atoms with van der Waals surface area (Å²) in [6, 6.07) is 20.6. The second kappa shape index (κ2) is 9.64. The number of amides is 2. The summed E-state index contributed by atoms with van der Waals surface area (Å²) in [5.74, 6) is -0.709. The van der Waals surface area contributed by atoms with E-state index >= 15 is 0 Å². The van der Waals surface area contributed by atoms with Crippen LogP contribution in [0.1, 0.15) is 5.56 Å². The van der Waals surface area contributed by atoms with Crippen LogP contribution in [0.25, 0.3) is 33.5 Å². The number of anilines is 1. The maximum Gasteiger partial charge on any atom is 0.319 e. The van der Waals surface area contributed by atoms with Crippen LogP contribution >= 0.6 is 0 Å². The summed E-state index contributed by atoms with van der Waals surface area (Å²) in [6.07, 6.45) is 3.18. The highest BCUT2D eigenvalue weighted by Gasteiger charge is 2.14. The summed E-state index contributed by atoms with van der Waals surface area (Å²) in [7, 11) is 0. The Kier molecular flexibility index (Phi) is 6.09. The Balaban J connectivity index is 1.47. The molecule has 0 spiro atoms. The van der Waals surface area contributed by atoms with E-state index in [1.807, 2.05) is 18.2 Å². The standard InChI is InChI=1S/C27H19F2N5O/c28-20-8-4-18(5-9-20)25-26(19-6-10-21(29)11-7-19)34-24-14-17(3-12-23(24)33-25)15-31-27(35)32-22-2-1-13-30-16-22/h1-14,16H,15H2,(H2,31,32,35). The van der Waals surface area contributed by atoms with Gasteiger partial charge >= 0.3 is 6.03 Å². The molecule has 0 bridgehead atoms. The molecule has 0 aliphatic rings. The van der Waals surface area contributed by atoms with E-state index in [0.29, 0.717) is 39.2 Å². The van der Waals surface area contributed by atoms with Crippen molar-refractivity contribution in [3.63, 3.8) is 0 Å². The van der Waals surface area contributed by atoms with Crippen molar-refractivity contribution in [2.45, 2.75) is 6.54 Å². The van der Waals surface area contributed by atoms with Crippen LogP contribution in [0.2, 0.25) is 0 Å². The molecular formula is C27H19F2N5O. The minimum absolute atomic E-state index is 0.273. The number of halogens is 2. The average molecular weight is 467 g/mol. The Labute approximate surface area is 199 Å². The van der Waals surface area contributed by atoms with E-state index in [1.165, 1.54) is 24.3 Å². The molecule has 0 unspecified atom stereocenters. The number of urea groups is 1. The van der Waals surface area contributed by atoms with Crippen LogP contribution in [-0.2, 0) is 6.54 Å². The lowest BCUT2D eigenvalue weighted by molar-refractivity contribution is 0.251. The molecule has 2 aromatic heterocycles. The lowest BCUT2D eigenvalue weighted by Crippen LogP contribution is -2.28. The first-order chi connectivity index (χ1) is 17.0. The van der Waals surface area contributed by atoms with Gasteiger partial charge in [0.15, 0.2) is 0 Å². The summed E-state index contributed by atoms with van der Waals surface area (Å²) in [5.41, 5.74) is 5.15. The van der Waals surface area contributed by atoms with Crippen LogP contribution in [0, 0.1) is 11.6 Å². The van der Waals surface area contributed by atoms with Crippen LogP contribution in [0.15, 0.2) is 91.3 Å². The van der Waals surface area contributed by atoms with E-state index in [0.717, 1.165) is 5.56 Å². The number of hydrogen-bond acceptors (Lipinski definition) is 4. The molecule has 35 heavy (non-hydrogen) atoms. The molecule has 5 aromatic rings. The molecule has 0 radical (unpaired) electrons. The van der Waals surface area contributed by atoms with Crippen molar-refractivity contribution in [2.75, 3.05) is 5.32 Å². The number of rotatable bonds is 5. The Morgan fingerprint density at radius 1 is 0.771 bits per heavy atom. The Bertz CT molecular complexity index is 1490. The lowest BCUT2D eigenvalue weighted by atomic mass is 10.0. The number of hydrogen-bond donors (Lipinski definition) is 2. The van der Waals surface area contributed by atoms with E-state index < -0.39 is 0 Å². The number of aromatic nitrogens is 3. The Hall–Kier alpha value is -4.72. The average Bonchev–Trinajstić information content (AvgIpc) is 2.88. The van der Waals surface area contributed by atoms with Crippen molar-refractivity contribution < 1.29 is 13.6 Å². The predicted octanol–water partition coefficient (Wildman–Crippen LogP) is 5.96. The maximum absolute atomic E-state index is 13.5. The second-order valence-corrected chi connectivity index (χ2v) is 7.81. The number of pyridine rings is 1. The van der Waals surface area contributed by atoms with Crippen LogP contribution < -0.4 is 10.6 Å². The fourth-order valence-electron chi connectivity index (χ4n) is 3.62. The molecule has 2 heterocycles. The van der Waals surface area contributed by atoms with E-state index in [9.17, 15) is 13.6 Å². The predicted molar refractivity (Wildman–Crippen MR) is 130 cm³/mol. The molecule has 0 atom stereocenters. The van der Waals surface area contributed by atoms with Crippen LogP contribution in [0.4, 0.5) is 19.3 Å². The molecule has 0 saturated heterocycles. The van der Waals surface area contributed by atoms with Gasteiger partial charge in [-0.25, -0.2) is 23.5 Å². The number of nitrogens with one attached hydrogen (secondary N) is 2. The van der Waals surface area contributed by atoms with Gasteiger partial charge in [0, 0.05) is 23.9 Å². The molecule has 8 heteroatoms. The third kappa shape index (κ3) is 5.11. The summed E-state index contributed by atoms with van der Waals surface area (Å²) in [6.45, 7) is 0.273. The molecule has 2 N–H and O–H groups in total. The zero-order chi connectivity index (χ0) is 24.2. The van der Waals surface area contributed by atoms with Crippen molar-refractivity contribution >= 4 is 22.8 Å². The van der Waals surface area contributed by atoms with Gasteiger partial charge in [0.05, 0.1) is 34.3 Å². The van der Waals surface area contributed by atoms with Crippen LogP contribution in [0.3, 0.4) is 0 Å². The van der Waals surface area contributed by atoms with Crippen molar-refractivity contribution in [1.82, 2.24) is 20.3 Å². The Morgan fingerprint density at radius 3 is 2.00 bits per heavy atom. The van der Waals surface area contributed by atoms with Crippen molar-refractivity contribution in [1.29, 1.82) is 0 Å². The van der Waals surface area contributed by atoms with E-state index in [4.69, 9.17) is 9.97 Å². The van der Waals surface area contributed by atoms with E-state index in [2.05, 4.69) is 15.6 Å². The summed E-state index contributed by atoms with van der Waals surface area (Å²) in [4.78, 5) is 25.8. The van der Waals surface area contributed by atoms with Crippen LogP contribution in [0.5, 0.6) is 0 Å². The first-order valence-corrected chi connectivity index (χ1v) is 10.8. The Morgan fingerprint density at radius 2 is 1.40 bits per heavy atom. The van der Waals surface area contributed by atoms with Gasteiger partial charge in [-0.3, -0.25) is 4.98 Å². The number of carbonyl (C=O) groups excluding carboxylic acids is 1. The first kappa shape index (κ1) is 22.1. The first-order valence-electron chi connectivity index (χ1n) is 10.8. The minimum atomic E-state index is -0.358. The molecule has 0 fully saturated rings. The van der Waals surface area contributed by atoms with Gasteiger partial charge in [-0.1, -0.05) is 6.07 Å². The van der Waals surface area contributed by atoms with Crippen molar-refractivity contribution in [3.05, 3.63) is 108 Å². The van der Waals surface area contributed by atoms with Gasteiger partial charge in [0.1, 0.15) is 11.6 Å². The van der Waals surface area contributed by atoms with Crippen molar-refractivity contribution in [3.8, 4) is 22.5 Å². The van der Waals surface area contributed by atoms with Crippen LogP contribution in [-0.4, -0.2) is 21.0 Å². The number of nitrogens with zero attached hydrogens (tertiary/aromatic N) is 3. The highest BCUT2D eigenvalue weighted by molar-refractivity contribution is 5.89. The second-order valence-electron chi connectivity index (χ2n) is 7.81. The summed E-state index contributed by atoms with van der Waals surface area (Å²) in [5, 5.41) is 5.52. The molecule has 2 amide bonds. The highest BCUT2D eigenvalue weighted by atomic mass is 19.1. The van der Waals surface area contributed by atoms with Gasteiger partial charge in [0.25, 0.3) is 0 Å².